The first-order valence-corrected chi connectivity index (χ1v) is 25.2. The number of ether oxygens (including phenoxy) is 4. The van der Waals surface area contributed by atoms with E-state index in [1.807, 2.05) is 21.1 Å². The van der Waals surface area contributed by atoms with Gasteiger partial charge < -0.3 is 28.5 Å². The molecule has 2 atom stereocenters. The fraction of sp³-hybridized carbons (Fsp3) is 0.827. The van der Waals surface area contributed by atoms with E-state index in [-0.39, 0.29) is 32.2 Å². The molecule has 0 radical (unpaired) electrons. The van der Waals surface area contributed by atoms with Gasteiger partial charge in [-0.05, 0) is 51.4 Å². The monoisotopic (exact) mass is 863 g/mol. The Balaban J connectivity index is 4.38. The van der Waals surface area contributed by atoms with Crippen LogP contribution in [0.2, 0.25) is 0 Å². The molecule has 0 heterocycles. The average molecular weight is 863 g/mol. The summed E-state index contributed by atoms with van der Waals surface area (Å²) in [5.74, 6) is -2.01. The number of allylic oxidation sites excluding steroid dienone is 6. The van der Waals surface area contributed by atoms with Crippen LogP contribution in [0.5, 0.6) is 0 Å². The van der Waals surface area contributed by atoms with Crippen LogP contribution in [-0.4, -0.2) is 87.4 Å². The minimum Gasteiger partial charge on any atom is -0.477 e. The predicted octanol–water partition coefficient (Wildman–Crippen LogP) is 13.8. The number of rotatable bonds is 46. The summed E-state index contributed by atoms with van der Waals surface area (Å²) >= 11 is 0. The first kappa shape index (κ1) is 58.5. The molecule has 0 saturated carbocycles. The lowest BCUT2D eigenvalue weighted by Gasteiger charge is -2.25. The molecule has 9 nitrogen and oxygen atoms in total. The third kappa shape index (κ3) is 45.4. The summed E-state index contributed by atoms with van der Waals surface area (Å²) in [5, 5.41) is 9.66. The third-order valence-corrected chi connectivity index (χ3v) is 10.9. The molecule has 0 aliphatic heterocycles. The quantitative estimate of drug-likeness (QED) is 0.0212. The Kier molecular flexibility index (Phi) is 42.3. The lowest BCUT2D eigenvalue weighted by atomic mass is 10.0. The second-order valence-corrected chi connectivity index (χ2v) is 18.1. The van der Waals surface area contributed by atoms with Gasteiger partial charge in [-0.3, -0.25) is 9.59 Å². The van der Waals surface area contributed by atoms with Crippen molar-refractivity contribution >= 4 is 17.9 Å². The molecule has 0 aromatic carbocycles. The normalized spacial score (nSPS) is 13.1. The lowest BCUT2D eigenvalue weighted by Crippen LogP contribution is -2.40. The van der Waals surface area contributed by atoms with Crippen molar-refractivity contribution in [3.8, 4) is 0 Å². The van der Waals surface area contributed by atoms with Gasteiger partial charge in [-0.2, -0.15) is 0 Å². The molecule has 1 N–H and O–H groups in total. The van der Waals surface area contributed by atoms with Gasteiger partial charge in [-0.25, -0.2) is 4.79 Å². The largest absolute Gasteiger partial charge is 0.477 e. The number of carbonyl (C=O) groups is 3. The van der Waals surface area contributed by atoms with E-state index in [2.05, 4.69) is 50.3 Å². The van der Waals surface area contributed by atoms with Gasteiger partial charge in [-0.1, -0.05) is 192 Å². The van der Waals surface area contributed by atoms with Crippen LogP contribution in [-0.2, 0) is 33.3 Å². The third-order valence-electron chi connectivity index (χ3n) is 10.9. The molecule has 0 aliphatic carbocycles. The molecule has 2 unspecified atom stereocenters. The molecule has 0 fully saturated rings. The molecule has 0 aromatic rings. The Morgan fingerprint density at radius 2 is 0.885 bits per heavy atom. The number of hydrogen-bond donors (Lipinski definition) is 1. The SMILES string of the molecule is CCCCCCC/C=C\C/C=C\C/C=C\CCCCCCCCC(=O)OC(COC(=O)CCCCCCCCCCCCCCCCC)COC(OCC[N+](C)(C)C)C(=O)O. The number of esters is 2. The van der Waals surface area contributed by atoms with Gasteiger partial charge in [0.05, 0.1) is 34.4 Å². The Labute approximate surface area is 375 Å². The number of nitrogens with zero attached hydrogens (tertiary/aromatic N) is 1. The molecular formula is C52H96NO8+. The summed E-state index contributed by atoms with van der Waals surface area (Å²) in [6, 6.07) is 0. The lowest BCUT2D eigenvalue weighted by molar-refractivity contribution is -0.870. The maximum Gasteiger partial charge on any atom is 0.361 e. The van der Waals surface area contributed by atoms with Crippen LogP contribution in [0.4, 0.5) is 0 Å². The molecule has 61 heavy (non-hydrogen) atoms. The number of aliphatic carboxylic acids is 1. The summed E-state index contributed by atoms with van der Waals surface area (Å²) in [5.41, 5.74) is 0. The topological polar surface area (TPSA) is 108 Å². The smallest absolute Gasteiger partial charge is 0.361 e. The highest BCUT2D eigenvalue weighted by Gasteiger charge is 2.25. The van der Waals surface area contributed by atoms with E-state index in [1.165, 1.54) is 128 Å². The van der Waals surface area contributed by atoms with Crippen LogP contribution >= 0.6 is 0 Å². The van der Waals surface area contributed by atoms with Crippen molar-refractivity contribution in [3.63, 3.8) is 0 Å². The number of likely N-dealkylation sites (N-methyl/N-ethyl adjacent to an activating group) is 1. The van der Waals surface area contributed by atoms with E-state index in [4.69, 9.17) is 18.9 Å². The van der Waals surface area contributed by atoms with E-state index in [0.29, 0.717) is 23.9 Å². The van der Waals surface area contributed by atoms with Gasteiger partial charge in [0.15, 0.2) is 6.10 Å². The van der Waals surface area contributed by atoms with Crippen LogP contribution in [0.3, 0.4) is 0 Å². The molecule has 0 spiro atoms. The second-order valence-electron chi connectivity index (χ2n) is 18.1. The van der Waals surface area contributed by atoms with Crippen LogP contribution in [0.25, 0.3) is 0 Å². The van der Waals surface area contributed by atoms with Crippen molar-refractivity contribution in [1.82, 2.24) is 0 Å². The molecule has 9 heteroatoms. The summed E-state index contributed by atoms with van der Waals surface area (Å²) in [6.07, 6.45) is 47.7. The molecule has 356 valence electrons. The maximum atomic E-state index is 12.8. The molecular weight excluding hydrogens is 767 g/mol. The van der Waals surface area contributed by atoms with Crippen molar-refractivity contribution in [3.05, 3.63) is 36.5 Å². The van der Waals surface area contributed by atoms with Crippen LogP contribution in [0.1, 0.15) is 219 Å². The van der Waals surface area contributed by atoms with Crippen LogP contribution in [0.15, 0.2) is 36.5 Å². The van der Waals surface area contributed by atoms with Gasteiger partial charge in [-0.15, -0.1) is 0 Å². The van der Waals surface area contributed by atoms with Gasteiger partial charge >= 0.3 is 17.9 Å². The number of carbonyl (C=O) groups excluding carboxylic acids is 2. The standard InChI is InChI=1S/C52H95NO8/c1-6-8-10-12-14-16-18-20-22-23-24-25-26-27-29-31-33-35-37-39-41-43-50(55)61-48(47-60-52(51(56)57)58-45-44-53(3,4)5)46-59-49(54)42-40-38-36-34-32-30-28-21-19-17-15-13-11-9-7-2/h18,20,23-24,26-27,48,52H,6-17,19,21-22,25,28-47H2,1-5H3/p+1/b20-18-,24-23-,27-26-. The van der Waals surface area contributed by atoms with Crippen molar-refractivity contribution < 1.29 is 42.9 Å². The first-order chi connectivity index (χ1) is 29.6. The highest BCUT2D eigenvalue weighted by molar-refractivity contribution is 5.71. The van der Waals surface area contributed by atoms with Gasteiger partial charge in [0.25, 0.3) is 6.29 Å². The average Bonchev–Trinajstić information content (AvgIpc) is 3.22. The summed E-state index contributed by atoms with van der Waals surface area (Å²) in [4.78, 5) is 37.2. The van der Waals surface area contributed by atoms with Crippen molar-refractivity contribution in [2.24, 2.45) is 0 Å². The number of carboxylic acids is 1. The van der Waals surface area contributed by atoms with Gasteiger partial charge in [0.2, 0.25) is 0 Å². The maximum absolute atomic E-state index is 12.8. The van der Waals surface area contributed by atoms with Crippen LogP contribution in [0, 0.1) is 0 Å². The Hall–Kier alpha value is -2.49. The minimum atomic E-state index is -1.51. The molecule has 0 rings (SSSR count). The molecule has 0 bridgehead atoms. The fourth-order valence-electron chi connectivity index (χ4n) is 6.96. The second kappa shape index (κ2) is 44.1. The number of hydrogen-bond acceptors (Lipinski definition) is 7. The molecule has 0 saturated heterocycles. The number of carboxylic acid groups (broad SMARTS) is 1. The molecule has 0 aliphatic rings. The summed E-state index contributed by atoms with van der Waals surface area (Å²) < 4.78 is 22.8. The Morgan fingerprint density at radius 3 is 1.31 bits per heavy atom. The van der Waals surface area contributed by atoms with Crippen molar-refractivity contribution in [1.29, 1.82) is 0 Å². The number of unbranched alkanes of at least 4 members (excludes halogenated alkanes) is 25. The van der Waals surface area contributed by atoms with E-state index in [9.17, 15) is 19.5 Å². The van der Waals surface area contributed by atoms with E-state index in [0.717, 1.165) is 57.8 Å². The Morgan fingerprint density at radius 1 is 0.492 bits per heavy atom. The highest BCUT2D eigenvalue weighted by Crippen LogP contribution is 2.15. The van der Waals surface area contributed by atoms with Crippen LogP contribution < -0.4 is 0 Å². The van der Waals surface area contributed by atoms with E-state index in [1.54, 1.807) is 0 Å². The molecule has 0 aromatic heterocycles. The van der Waals surface area contributed by atoms with E-state index < -0.39 is 24.3 Å². The predicted molar refractivity (Wildman–Crippen MR) is 254 cm³/mol. The summed E-state index contributed by atoms with van der Waals surface area (Å²) in [7, 11) is 5.96. The zero-order valence-corrected chi connectivity index (χ0v) is 40.3. The number of quaternary nitrogens is 1. The van der Waals surface area contributed by atoms with E-state index >= 15 is 0 Å². The first-order valence-electron chi connectivity index (χ1n) is 25.2. The van der Waals surface area contributed by atoms with Gasteiger partial charge in [0, 0.05) is 12.8 Å². The Bertz CT molecular complexity index is 1100. The fourth-order valence-corrected chi connectivity index (χ4v) is 6.96. The highest BCUT2D eigenvalue weighted by atomic mass is 16.7. The van der Waals surface area contributed by atoms with Crippen molar-refractivity contribution in [2.75, 3.05) is 47.5 Å². The zero-order chi connectivity index (χ0) is 44.9. The zero-order valence-electron chi connectivity index (χ0n) is 40.3. The van der Waals surface area contributed by atoms with Gasteiger partial charge in [0.1, 0.15) is 13.2 Å². The molecule has 0 amide bonds. The minimum absolute atomic E-state index is 0.185. The van der Waals surface area contributed by atoms with Crippen molar-refractivity contribution in [2.45, 2.75) is 232 Å². The summed E-state index contributed by atoms with van der Waals surface area (Å²) in [6.45, 7) is 4.86.